The second-order valence-electron chi connectivity index (χ2n) is 5.09. The van der Waals surface area contributed by atoms with Crippen molar-refractivity contribution >= 4 is 17.0 Å². The van der Waals surface area contributed by atoms with Crippen molar-refractivity contribution in [1.29, 1.82) is 0 Å². The molecule has 20 heavy (non-hydrogen) atoms. The summed E-state index contributed by atoms with van der Waals surface area (Å²) in [6, 6.07) is 6.34. The number of aromatic nitrogens is 2. The molecule has 2 aromatic rings. The zero-order valence-corrected chi connectivity index (χ0v) is 11.4. The molecule has 1 aliphatic rings. The summed E-state index contributed by atoms with van der Waals surface area (Å²) in [5, 5.41) is 11.6. The van der Waals surface area contributed by atoms with E-state index in [0.29, 0.717) is 19.7 Å². The van der Waals surface area contributed by atoms with Gasteiger partial charge in [0.2, 0.25) is 0 Å². The number of rotatable bonds is 5. The average molecular weight is 274 g/mol. The summed E-state index contributed by atoms with van der Waals surface area (Å²) in [5.41, 5.74) is 2.24. The molecule has 0 unspecified atom stereocenters. The Bertz CT molecular complexity index is 610. The third kappa shape index (κ3) is 2.60. The minimum atomic E-state index is -0.214. The van der Waals surface area contributed by atoms with E-state index >= 15 is 0 Å². The summed E-state index contributed by atoms with van der Waals surface area (Å²) < 4.78 is 4.92. The molecule has 106 valence electrons. The number of ether oxygens (including phenoxy) is 1. The van der Waals surface area contributed by atoms with E-state index in [4.69, 9.17) is 4.74 Å². The Morgan fingerprint density at radius 1 is 1.55 bits per heavy atom. The van der Waals surface area contributed by atoms with Crippen LogP contribution in [0.3, 0.4) is 0 Å². The SMILES string of the molecule is C[C@@H](CN1CCOC1=O)NCc1cccc2cn[nH]c12. The van der Waals surface area contributed by atoms with Gasteiger partial charge in [-0.2, -0.15) is 5.10 Å². The molecule has 1 atom stereocenters. The molecule has 2 heterocycles. The van der Waals surface area contributed by atoms with Crippen LogP contribution in [0.2, 0.25) is 0 Å². The minimum absolute atomic E-state index is 0.207. The van der Waals surface area contributed by atoms with E-state index in [1.165, 1.54) is 5.56 Å². The Morgan fingerprint density at radius 3 is 3.25 bits per heavy atom. The number of aromatic amines is 1. The largest absolute Gasteiger partial charge is 0.448 e. The Morgan fingerprint density at radius 2 is 2.45 bits per heavy atom. The lowest BCUT2D eigenvalue weighted by molar-refractivity contribution is 0.156. The molecule has 1 aromatic heterocycles. The Labute approximate surface area is 117 Å². The number of carbonyl (C=O) groups is 1. The summed E-state index contributed by atoms with van der Waals surface area (Å²) in [6.45, 7) is 4.65. The summed E-state index contributed by atoms with van der Waals surface area (Å²) >= 11 is 0. The highest BCUT2D eigenvalue weighted by atomic mass is 16.6. The number of cyclic esters (lactones) is 1. The monoisotopic (exact) mass is 274 g/mol. The Balaban J connectivity index is 1.58. The Kier molecular flexibility index (Phi) is 3.56. The minimum Gasteiger partial charge on any atom is -0.448 e. The van der Waals surface area contributed by atoms with Crippen LogP contribution in [0, 0.1) is 0 Å². The van der Waals surface area contributed by atoms with Crippen LogP contribution in [-0.4, -0.2) is 46.9 Å². The standard InChI is InChI=1S/C14H18N4O2/c1-10(9-18-5-6-20-14(18)19)15-7-11-3-2-4-12-8-16-17-13(11)12/h2-4,8,10,15H,5-7,9H2,1H3,(H,16,17)/t10-/m0/s1. The Hall–Kier alpha value is -2.08. The van der Waals surface area contributed by atoms with Gasteiger partial charge in [0.05, 0.1) is 18.3 Å². The maximum atomic E-state index is 11.4. The number of benzene rings is 1. The van der Waals surface area contributed by atoms with Crippen molar-refractivity contribution in [3.05, 3.63) is 30.0 Å². The number of carbonyl (C=O) groups excluding carboxylic acids is 1. The van der Waals surface area contributed by atoms with Crippen LogP contribution in [0.25, 0.3) is 10.9 Å². The third-order valence-electron chi connectivity index (χ3n) is 3.54. The zero-order valence-electron chi connectivity index (χ0n) is 11.4. The molecule has 0 aliphatic carbocycles. The smallest absolute Gasteiger partial charge is 0.409 e. The number of nitrogens with zero attached hydrogens (tertiary/aromatic N) is 2. The highest BCUT2D eigenvalue weighted by Gasteiger charge is 2.23. The van der Waals surface area contributed by atoms with Gasteiger partial charge in [-0.3, -0.25) is 5.10 Å². The molecule has 1 saturated heterocycles. The summed E-state index contributed by atoms with van der Waals surface area (Å²) in [4.78, 5) is 13.1. The number of para-hydroxylation sites is 1. The normalized spacial score (nSPS) is 16.6. The average Bonchev–Trinajstić information content (AvgIpc) is 3.06. The van der Waals surface area contributed by atoms with E-state index in [1.54, 1.807) is 4.90 Å². The first kappa shape index (κ1) is 12.9. The van der Waals surface area contributed by atoms with E-state index in [9.17, 15) is 4.79 Å². The fourth-order valence-electron chi connectivity index (χ4n) is 2.45. The second kappa shape index (κ2) is 5.50. The summed E-state index contributed by atoms with van der Waals surface area (Å²) in [5.74, 6) is 0. The number of fused-ring (bicyclic) bond motifs is 1. The molecule has 6 nitrogen and oxygen atoms in total. The third-order valence-corrected chi connectivity index (χ3v) is 3.54. The first-order valence-corrected chi connectivity index (χ1v) is 6.80. The van der Waals surface area contributed by atoms with Crippen LogP contribution in [0.1, 0.15) is 12.5 Å². The van der Waals surface area contributed by atoms with Gasteiger partial charge in [-0.15, -0.1) is 0 Å². The van der Waals surface area contributed by atoms with Crippen molar-refractivity contribution in [3.8, 4) is 0 Å². The lowest BCUT2D eigenvalue weighted by atomic mass is 10.1. The molecule has 0 radical (unpaired) electrons. The number of H-pyrrole nitrogens is 1. The van der Waals surface area contributed by atoms with Crippen LogP contribution >= 0.6 is 0 Å². The fourth-order valence-corrected chi connectivity index (χ4v) is 2.45. The van der Waals surface area contributed by atoms with Crippen molar-refractivity contribution in [2.24, 2.45) is 0 Å². The van der Waals surface area contributed by atoms with E-state index in [-0.39, 0.29) is 12.1 Å². The van der Waals surface area contributed by atoms with E-state index in [0.717, 1.165) is 17.4 Å². The van der Waals surface area contributed by atoms with Crippen LogP contribution in [0.4, 0.5) is 4.79 Å². The number of nitrogens with one attached hydrogen (secondary N) is 2. The molecule has 1 fully saturated rings. The van der Waals surface area contributed by atoms with Gasteiger partial charge in [0.1, 0.15) is 6.61 Å². The van der Waals surface area contributed by atoms with Crippen LogP contribution in [0.5, 0.6) is 0 Å². The van der Waals surface area contributed by atoms with Gasteiger partial charge in [0, 0.05) is 24.5 Å². The highest BCUT2D eigenvalue weighted by molar-refractivity contribution is 5.81. The zero-order chi connectivity index (χ0) is 13.9. The molecule has 0 spiro atoms. The second-order valence-corrected chi connectivity index (χ2v) is 5.09. The molecular formula is C14H18N4O2. The van der Waals surface area contributed by atoms with Crippen molar-refractivity contribution in [1.82, 2.24) is 20.4 Å². The van der Waals surface area contributed by atoms with Gasteiger partial charge in [0.15, 0.2) is 0 Å². The quantitative estimate of drug-likeness (QED) is 0.866. The first-order valence-electron chi connectivity index (χ1n) is 6.80. The lowest BCUT2D eigenvalue weighted by Gasteiger charge is -2.19. The predicted octanol–water partition coefficient (Wildman–Crippen LogP) is 1.49. The molecule has 0 bridgehead atoms. The summed E-state index contributed by atoms with van der Waals surface area (Å²) in [6.07, 6.45) is 1.61. The van der Waals surface area contributed by atoms with Crippen molar-refractivity contribution in [3.63, 3.8) is 0 Å². The maximum absolute atomic E-state index is 11.4. The van der Waals surface area contributed by atoms with Crippen LogP contribution in [0.15, 0.2) is 24.4 Å². The molecule has 0 saturated carbocycles. The highest BCUT2D eigenvalue weighted by Crippen LogP contribution is 2.15. The van der Waals surface area contributed by atoms with Crippen molar-refractivity contribution < 1.29 is 9.53 Å². The molecule has 2 N–H and O–H groups in total. The van der Waals surface area contributed by atoms with Gasteiger partial charge in [-0.25, -0.2) is 4.79 Å². The number of hydrogen-bond acceptors (Lipinski definition) is 4. The molecular weight excluding hydrogens is 256 g/mol. The van der Waals surface area contributed by atoms with E-state index < -0.39 is 0 Å². The van der Waals surface area contributed by atoms with E-state index in [2.05, 4.69) is 28.5 Å². The molecule has 3 rings (SSSR count). The number of amides is 1. The van der Waals surface area contributed by atoms with Gasteiger partial charge in [0.25, 0.3) is 0 Å². The maximum Gasteiger partial charge on any atom is 0.409 e. The molecule has 1 aliphatic heterocycles. The van der Waals surface area contributed by atoms with Crippen molar-refractivity contribution in [2.45, 2.75) is 19.5 Å². The molecule has 1 amide bonds. The van der Waals surface area contributed by atoms with Crippen LogP contribution in [-0.2, 0) is 11.3 Å². The van der Waals surface area contributed by atoms with Gasteiger partial charge < -0.3 is 15.0 Å². The van der Waals surface area contributed by atoms with Crippen molar-refractivity contribution in [2.75, 3.05) is 19.7 Å². The van der Waals surface area contributed by atoms with Crippen LogP contribution < -0.4 is 5.32 Å². The lowest BCUT2D eigenvalue weighted by Crippen LogP contribution is -2.39. The van der Waals surface area contributed by atoms with Gasteiger partial charge in [-0.1, -0.05) is 18.2 Å². The van der Waals surface area contributed by atoms with Gasteiger partial charge in [-0.05, 0) is 12.5 Å². The topological polar surface area (TPSA) is 70.2 Å². The fraction of sp³-hybridized carbons (Fsp3) is 0.429. The van der Waals surface area contributed by atoms with E-state index in [1.807, 2.05) is 18.3 Å². The molecule has 6 heteroatoms. The number of hydrogen-bond donors (Lipinski definition) is 2. The predicted molar refractivity (Wildman–Crippen MR) is 75.3 cm³/mol. The first-order chi connectivity index (χ1) is 9.74. The summed E-state index contributed by atoms with van der Waals surface area (Å²) in [7, 11) is 0. The van der Waals surface area contributed by atoms with Gasteiger partial charge >= 0.3 is 6.09 Å². The molecule has 1 aromatic carbocycles.